The molecule has 0 fully saturated rings. The molecule has 10 heteroatoms. The van der Waals surface area contributed by atoms with Crippen LogP contribution in [0.15, 0.2) is 78.9 Å². The Labute approximate surface area is 317 Å². The fourth-order valence-electron chi connectivity index (χ4n) is 3.36. The van der Waals surface area contributed by atoms with Gasteiger partial charge < -0.3 is 15.6 Å². The maximum Gasteiger partial charge on any atom is 0.232 e. The summed E-state index contributed by atoms with van der Waals surface area (Å²) in [6, 6.07) is 25.0. The number of rotatable bonds is 3. The number of H-pyrrole nitrogens is 1. The van der Waals surface area contributed by atoms with E-state index in [-0.39, 0.29) is 30.6 Å². The number of aromatic nitrogens is 3. The Balaban J connectivity index is 0. The van der Waals surface area contributed by atoms with Crippen LogP contribution in [-0.4, -0.2) is 32.7 Å². The van der Waals surface area contributed by atoms with Crippen LogP contribution in [0.1, 0.15) is 111 Å². The molecule has 5 rings (SSSR count). The number of thiazole rings is 1. The third-order valence-corrected chi connectivity index (χ3v) is 7.16. The molecule has 0 bridgehead atoms. The van der Waals surface area contributed by atoms with Gasteiger partial charge in [0.25, 0.3) is 0 Å². The molecule has 0 radical (unpaired) electrons. The van der Waals surface area contributed by atoms with Crippen LogP contribution >= 0.6 is 11.3 Å². The quantitative estimate of drug-likeness (QED) is 0.147. The minimum Gasteiger partial charge on any atom is -0.326 e. The molecular formula is C42H66N6O3S. The van der Waals surface area contributed by atoms with Crippen LogP contribution in [-0.2, 0) is 14.4 Å². The van der Waals surface area contributed by atoms with Gasteiger partial charge in [0.15, 0.2) is 5.13 Å². The van der Waals surface area contributed by atoms with Crippen LogP contribution in [0, 0.1) is 16.2 Å². The normalized spacial score (nSPS) is 10.3. The molecule has 0 saturated carbocycles. The molecule has 2 aromatic heterocycles. The first-order valence-electron chi connectivity index (χ1n) is 17.7. The molecule has 0 saturated heterocycles. The highest BCUT2D eigenvalue weighted by Gasteiger charge is 2.23. The molecule has 0 spiro atoms. The van der Waals surface area contributed by atoms with E-state index in [9.17, 15) is 14.4 Å². The minimum atomic E-state index is -0.418. The summed E-state index contributed by atoms with van der Waals surface area (Å²) in [6.07, 6.45) is 0. The summed E-state index contributed by atoms with van der Waals surface area (Å²) in [6.45, 7) is 28.9. The number of para-hydroxylation sites is 4. The number of anilines is 3. The molecule has 0 aliphatic carbocycles. The van der Waals surface area contributed by atoms with E-state index in [2.05, 4.69) is 30.9 Å². The predicted octanol–water partition coefficient (Wildman–Crippen LogP) is 12.2. The van der Waals surface area contributed by atoms with Crippen molar-refractivity contribution in [3.8, 4) is 0 Å². The maximum atomic E-state index is 11.8. The van der Waals surface area contributed by atoms with Gasteiger partial charge in [-0.1, -0.05) is 165 Å². The lowest BCUT2D eigenvalue weighted by atomic mass is 9.95. The van der Waals surface area contributed by atoms with E-state index >= 15 is 0 Å². The van der Waals surface area contributed by atoms with Gasteiger partial charge in [-0.05, 0) is 36.4 Å². The van der Waals surface area contributed by atoms with Crippen molar-refractivity contribution in [3.05, 3.63) is 78.9 Å². The Morgan fingerprint density at radius 1 is 0.538 bits per heavy atom. The second-order valence-corrected chi connectivity index (χ2v) is 14.6. The van der Waals surface area contributed by atoms with Gasteiger partial charge in [0, 0.05) is 21.9 Å². The topological polar surface area (TPSA) is 129 Å². The first-order chi connectivity index (χ1) is 23.9. The van der Waals surface area contributed by atoms with E-state index in [1.54, 1.807) is 0 Å². The van der Waals surface area contributed by atoms with Crippen molar-refractivity contribution in [2.45, 2.75) is 111 Å². The molecule has 3 amide bonds. The lowest BCUT2D eigenvalue weighted by Crippen LogP contribution is -2.28. The van der Waals surface area contributed by atoms with E-state index in [1.165, 1.54) is 11.3 Å². The Kier molecular flexibility index (Phi) is 22.7. The van der Waals surface area contributed by atoms with Crippen LogP contribution in [0.25, 0.3) is 21.3 Å². The van der Waals surface area contributed by atoms with Gasteiger partial charge >= 0.3 is 0 Å². The molecule has 0 unspecified atom stereocenters. The van der Waals surface area contributed by atoms with E-state index < -0.39 is 10.8 Å². The lowest BCUT2D eigenvalue weighted by Gasteiger charge is -2.17. The molecule has 3 aromatic carbocycles. The molecule has 4 N–H and O–H groups in total. The zero-order valence-corrected chi connectivity index (χ0v) is 34.3. The summed E-state index contributed by atoms with van der Waals surface area (Å²) in [4.78, 5) is 46.7. The summed E-state index contributed by atoms with van der Waals surface area (Å²) in [7, 11) is 0. The van der Waals surface area contributed by atoms with Crippen molar-refractivity contribution < 1.29 is 14.4 Å². The highest BCUT2D eigenvalue weighted by molar-refractivity contribution is 7.22. The fraction of sp³-hybridized carbons (Fsp3) is 0.452. The summed E-state index contributed by atoms with van der Waals surface area (Å²) in [5.41, 5.74) is 2.41. The monoisotopic (exact) mass is 734 g/mol. The standard InChI is InChI=1S/C12H15N3O.C12H14N2OS.C11H15NO.3C2H6.CH4/c1-12(2,3)10(16)15-11-13-8-6-4-5-7-9(8)14-11;1-12(2,3)10(15)14-11-13-8-6-4-5-7-9(8)16-11;1-11(2,3)10(13)12-9-7-5-4-6-8-9;3*1-2;/h4-7H,1-3H3,(H2,13,14,15,16);4-7H,1-3H3,(H,13,14,15);4-8H,1-3H3,(H,12,13);3*1-2H3;1H4. The van der Waals surface area contributed by atoms with Gasteiger partial charge in [-0.15, -0.1) is 0 Å². The van der Waals surface area contributed by atoms with Crippen LogP contribution in [0.5, 0.6) is 0 Å². The van der Waals surface area contributed by atoms with Gasteiger partial charge in [0.2, 0.25) is 23.7 Å². The number of hydrogen-bond acceptors (Lipinski definition) is 6. The highest BCUT2D eigenvalue weighted by Crippen LogP contribution is 2.27. The molecule has 52 heavy (non-hydrogen) atoms. The van der Waals surface area contributed by atoms with Crippen molar-refractivity contribution in [1.29, 1.82) is 0 Å². The smallest absolute Gasteiger partial charge is 0.232 e. The van der Waals surface area contributed by atoms with Gasteiger partial charge in [-0.25, -0.2) is 9.97 Å². The number of carbonyl (C=O) groups excluding carboxylic acids is 3. The Morgan fingerprint density at radius 3 is 1.44 bits per heavy atom. The molecule has 0 aliphatic heterocycles. The molecule has 0 aliphatic rings. The SMILES string of the molecule is C.CC.CC.CC.CC(C)(C)C(=O)Nc1ccccc1.CC(C)(C)C(=O)Nc1nc2ccccc2[nH]1.CC(C)(C)C(=O)Nc1nc2ccccc2s1. The summed E-state index contributed by atoms with van der Waals surface area (Å²) in [5, 5.41) is 9.12. The fourth-order valence-corrected chi connectivity index (χ4v) is 4.22. The number of benzene rings is 3. The Hall–Kier alpha value is -4.57. The number of aromatic amines is 1. The van der Waals surface area contributed by atoms with Crippen molar-refractivity contribution in [2.75, 3.05) is 16.0 Å². The maximum absolute atomic E-state index is 11.8. The van der Waals surface area contributed by atoms with Crippen LogP contribution in [0.2, 0.25) is 0 Å². The van der Waals surface area contributed by atoms with E-state index in [1.807, 2.05) is 183 Å². The molecule has 5 aromatic rings. The second-order valence-electron chi connectivity index (χ2n) is 13.6. The van der Waals surface area contributed by atoms with Gasteiger partial charge in [0.05, 0.1) is 21.3 Å². The average molecular weight is 735 g/mol. The summed E-state index contributed by atoms with van der Waals surface area (Å²) in [5.74, 6) is 0.484. The van der Waals surface area contributed by atoms with Crippen molar-refractivity contribution in [2.24, 2.45) is 16.2 Å². The van der Waals surface area contributed by atoms with Gasteiger partial charge in [-0.2, -0.15) is 0 Å². The predicted molar refractivity (Wildman–Crippen MR) is 227 cm³/mol. The number of hydrogen-bond donors (Lipinski definition) is 4. The van der Waals surface area contributed by atoms with Crippen molar-refractivity contribution in [3.63, 3.8) is 0 Å². The molecule has 9 nitrogen and oxygen atoms in total. The zero-order valence-electron chi connectivity index (χ0n) is 33.5. The Bertz CT molecular complexity index is 1580. The number of fused-ring (bicyclic) bond motifs is 2. The number of carbonyl (C=O) groups is 3. The van der Waals surface area contributed by atoms with Gasteiger partial charge in [0.1, 0.15) is 0 Å². The third-order valence-electron chi connectivity index (χ3n) is 6.21. The van der Waals surface area contributed by atoms with Crippen LogP contribution in [0.4, 0.5) is 16.8 Å². The first kappa shape index (κ1) is 49.5. The first-order valence-corrected chi connectivity index (χ1v) is 18.5. The zero-order chi connectivity index (χ0) is 39.4. The minimum absolute atomic E-state index is 0. The molecule has 288 valence electrons. The molecule has 0 atom stereocenters. The van der Waals surface area contributed by atoms with E-state index in [0.29, 0.717) is 11.1 Å². The molecule has 2 heterocycles. The number of amides is 3. The van der Waals surface area contributed by atoms with Crippen LogP contribution < -0.4 is 16.0 Å². The summed E-state index contributed by atoms with van der Waals surface area (Å²) < 4.78 is 1.09. The van der Waals surface area contributed by atoms with E-state index in [4.69, 9.17) is 0 Å². The highest BCUT2D eigenvalue weighted by atomic mass is 32.1. The lowest BCUT2D eigenvalue weighted by molar-refractivity contribution is -0.123. The molecular weight excluding hydrogens is 669 g/mol. The Morgan fingerprint density at radius 2 is 0.962 bits per heavy atom. The van der Waals surface area contributed by atoms with Gasteiger partial charge in [-0.3, -0.25) is 19.7 Å². The number of imidazole rings is 1. The van der Waals surface area contributed by atoms with Crippen molar-refractivity contribution in [1.82, 2.24) is 15.0 Å². The number of nitrogens with zero attached hydrogens (tertiary/aromatic N) is 2. The van der Waals surface area contributed by atoms with Crippen LogP contribution in [0.3, 0.4) is 0 Å². The summed E-state index contributed by atoms with van der Waals surface area (Å²) >= 11 is 1.50. The average Bonchev–Trinajstić information content (AvgIpc) is 3.70. The van der Waals surface area contributed by atoms with Crippen molar-refractivity contribution >= 4 is 67.1 Å². The second kappa shape index (κ2) is 23.8. The third kappa shape index (κ3) is 17.6. The largest absolute Gasteiger partial charge is 0.326 e. The number of nitrogens with one attached hydrogen (secondary N) is 4. The van der Waals surface area contributed by atoms with E-state index in [0.717, 1.165) is 26.9 Å².